The molecule has 2 aromatic rings. The van der Waals surface area contributed by atoms with Crippen molar-refractivity contribution >= 4 is 22.7 Å². The van der Waals surface area contributed by atoms with Gasteiger partial charge in [0, 0.05) is 11.1 Å². The summed E-state index contributed by atoms with van der Waals surface area (Å²) in [5, 5.41) is 22.8. The van der Waals surface area contributed by atoms with E-state index >= 15 is 0 Å². The molecule has 0 saturated heterocycles. The topological polar surface area (TPSA) is 80.3 Å². The second kappa shape index (κ2) is 3.66. The molecule has 0 heterocycles. The molecule has 0 N–H and O–H groups in total. The summed E-state index contributed by atoms with van der Waals surface area (Å²) >= 11 is 0. The van der Waals surface area contributed by atoms with E-state index in [0.717, 1.165) is 0 Å². The van der Waals surface area contributed by atoms with Gasteiger partial charge in [-0.1, -0.05) is 24.3 Å². The van der Waals surface area contributed by atoms with Crippen molar-refractivity contribution in [1.82, 2.24) is 0 Å². The van der Waals surface area contributed by atoms with Crippen LogP contribution in [0, 0.1) is 0 Å². The quantitative estimate of drug-likeness (QED) is 0.679. The molecule has 0 amide bonds. The van der Waals surface area contributed by atoms with Gasteiger partial charge in [0.1, 0.15) is 0 Å². The van der Waals surface area contributed by atoms with Crippen molar-refractivity contribution in [3.63, 3.8) is 0 Å². The first-order valence-corrected chi connectivity index (χ1v) is 4.55. The van der Waals surface area contributed by atoms with Gasteiger partial charge in [-0.25, -0.2) is 0 Å². The van der Waals surface area contributed by atoms with Gasteiger partial charge in [-0.05, 0) is 22.9 Å². The molecule has 2 aromatic carbocycles. The smallest absolute Gasteiger partial charge is 0.0722 e. The van der Waals surface area contributed by atoms with Gasteiger partial charge in [-0.3, -0.25) is 0 Å². The van der Waals surface area contributed by atoms with Crippen LogP contribution >= 0.6 is 0 Å². The van der Waals surface area contributed by atoms with Gasteiger partial charge >= 0.3 is 0 Å². The van der Waals surface area contributed by atoms with Crippen LogP contribution in [0.25, 0.3) is 10.8 Å². The van der Waals surface area contributed by atoms with Gasteiger partial charge in [0.25, 0.3) is 0 Å². The third-order valence-corrected chi connectivity index (χ3v) is 2.33. The maximum absolute atomic E-state index is 10.8. The summed E-state index contributed by atoms with van der Waals surface area (Å²) in [4.78, 5) is 21.5. The number of carbonyl (C=O) groups is 2. The lowest BCUT2D eigenvalue weighted by Crippen LogP contribution is -2.30. The molecule has 0 aliphatic heterocycles. The van der Waals surface area contributed by atoms with Crippen LogP contribution in [0.1, 0.15) is 20.7 Å². The molecule has 2 rings (SSSR count). The Bertz CT molecular complexity index is 534. The summed E-state index contributed by atoms with van der Waals surface area (Å²) in [7, 11) is 0. The Kier molecular flexibility index (Phi) is 2.32. The standard InChI is InChI=1S/C12H8O4/c13-11(14)9-5-7-3-1-2-4-8(7)6-10(9)12(15)16/h1-6H,(H,13,14)(H,15,16)/p-2. The molecule has 80 valence electrons. The first kappa shape index (κ1) is 10.2. The maximum atomic E-state index is 10.8. The molecule has 0 aliphatic rings. The molecule has 0 spiro atoms. The highest BCUT2D eigenvalue weighted by atomic mass is 16.4. The molecular weight excluding hydrogens is 208 g/mol. The van der Waals surface area contributed by atoms with E-state index in [1.54, 1.807) is 24.3 Å². The number of hydrogen-bond acceptors (Lipinski definition) is 4. The first-order chi connectivity index (χ1) is 7.59. The fourth-order valence-electron chi connectivity index (χ4n) is 1.58. The van der Waals surface area contributed by atoms with E-state index in [0.29, 0.717) is 10.8 Å². The van der Waals surface area contributed by atoms with Crippen LogP contribution in [0.2, 0.25) is 0 Å². The highest BCUT2D eigenvalue weighted by molar-refractivity contribution is 6.04. The fraction of sp³-hybridized carbons (Fsp3) is 0. The zero-order valence-electron chi connectivity index (χ0n) is 8.10. The highest BCUT2D eigenvalue weighted by Gasteiger charge is 2.06. The third-order valence-electron chi connectivity index (χ3n) is 2.33. The number of benzene rings is 2. The van der Waals surface area contributed by atoms with Gasteiger partial charge in [-0.15, -0.1) is 0 Å². The number of fused-ring (bicyclic) bond motifs is 1. The molecule has 0 unspecified atom stereocenters. The lowest BCUT2D eigenvalue weighted by atomic mass is 10.0. The highest BCUT2D eigenvalue weighted by Crippen LogP contribution is 2.19. The zero-order chi connectivity index (χ0) is 11.7. The maximum Gasteiger partial charge on any atom is 0.0722 e. The monoisotopic (exact) mass is 214 g/mol. The van der Waals surface area contributed by atoms with Crippen molar-refractivity contribution in [1.29, 1.82) is 0 Å². The normalized spacial score (nSPS) is 10.2. The second-order valence-electron chi connectivity index (χ2n) is 3.32. The van der Waals surface area contributed by atoms with E-state index in [4.69, 9.17) is 0 Å². The predicted octanol–water partition coefficient (Wildman–Crippen LogP) is -0.433. The number of carboxylic acids is 2. The molecule has 0 bridgehead atoms. The minimum atomic E-state index is -1.52. The Morgan fingerprint density at radius 2 is 1.19 bits per heavy atom. The Morgan fingerprint density at radius 3 is 1.50 bits per heavy atom. The molecule has 0 aliphatic carbocycles. The Labute approximate surface area is 90.8 Å². The Balaban J connectivity index is 2.81. The van der Waals surface area contributed by atoms with Gasteiger partial charge in [-0.2, -0.15) is 0 Å². The second-order valence-corrected chi connectivity index (χ2v) is 3.32. The summed E-state index contributed by atoms with van der Waals surface area (Å²) in [5.41, 5.74) is -0.725. The number of rotatable bonds is 2. The van der Waals surface area contributed by atoms with E-state index in [1.165, 1.54) is 12.1 Å². The minimum absolute atomic E-state index is 0.362. The zero-order valence-corrected chi connectivity index (χ0v) is 8.10. The van der Waals surface area contributed by atoms with Crippen LogP contribution in [0.5, 0.6) is 0 Å². The summed E-state index contributed by atoms with van der Waals surface area (Å²) in [5.74, 6) is -3.05. The van der Waals surface area contributed by atoms with Gasteiger partial charge in [0.05, 0.1) is 11.9 Å². The van der Waals surface area contributed by atoms with Crippen LogP contribution in [-0.4, -0.2) is 11.9 Å². The molecule has 0 aromatic heterocycles. The summed E-state index contributed by atoms with van der Waals surface area (Å²) < 4.78 is 0. The average molecular weight is 214 g/mol. The molecule has 0 atom stereocenters. The van der Waals surface area contributed by atoms with Gasteiger partial charge < -0.3 is 19.8 Å². The largest absolute Gasteiger partial charge is 0.545 e. The SMILES string of the molecule is O=C([O-])c1cc2ccccc2cc1C(=O)[O-]. The minimum Gasteiger partial charge on any atom is -0.545 e. The van der Waals surface area contributed by atoms with Crippen LogP contribution in [0.4, 0.5) is 0 Å². The number of carboxylic acid groups (broad SMARTS) is 2. The lowest BCUT2D eigenvalue weighted by Gasteiger charge is -2.12. The van der Waals surface area contributed by atoms with E-state index in [9.17, 15) is 19.8 Å². The van der Waals surface area contributed by atoms with Gasteiger partial charge in [0.15, 0.2) is 0 Å². The Hall–Kier alpha value is -2.36. The van der Waals surface area contributed by atoms with E-state index < -0.39 is 11.9 Å². The lowest BCUT2D eigenvalue weighted by molar-refractivity contribution is -0.259. The van der Waals surface area contributed by atoms with E-state index in [-0.39, 0.29) is 11.1 Å². The number of carbonyl (C=O) groups excluding carboxylic acids is 2. The summed E-state index contributed by atoms with van der Waals surface area (Å²) in [6, 6.07) is 9.41. The van der Waals surface area contributed by atoms with Crippen LogP contribution in [0.3, 0.4) is 0 Å². The van der Waals surface area contributed by atoms with Crippen LogP contribution in [-0.2, 0) is 0 Å². The molecule has 4 nitrogen and oxygen atoms in total. The van der Waals surface area contributed by atoms with Crippen LogP contribution < -0.4 is 10.2 Å². The van der Waals surface area contributed by atoms with Crippen molar-refractivity contribution < 1.29 is 19.8 Å². The van der Waals surface area contributed by atoms with Crippen molar-refractivity contribution in [3.05, 3.63) is 47.5 Å². The fourth-order valence-corrected chi connectivity index (χ4v) is 1.58. The van der Waals surface area contributed by atoms with Gasteiger partial charge in [0.2, 0.25) is 0 Å². The number of aromatic carboxylic acids is 2. The molecular formula is C12H6O4-2. The average Bonchev–Trinajstić information content (AvgIpc) is 2.27. The van der Waals surface area contributed by atoms with E-state index in [1.807, 2.05) is 0 Å². The molecule has 0 fully saturated rings. The first-order valence-electron chi connectivity index (χ1n) is 4.55. The van der Waals surface area contributed by atoms with Crippen molar-refractivity contribution in [2.75, 3.05) is 0 Å². The third kappa shape index (κ3) is 1.61. The molecule has 4 heteroatoms. The molecule has 0 radical (unpaired) electrons. The molecule has 0 saturated carbocycles. The van der Waals surface area contributed by atoms with Crippen molar-refractivity contribution in [2.45, 2.75) is 0 Å². The Morgan fingerprint density at radius 1 is 0.812 bits per heavy atom. The number of hydrogen-bond donors (Lipinski definition) is 0. The van der Waals surface area contributed by atoms with Crippen LogP contribution in [0.15, 0.2) is 36.4 Å². The molecule has 16 heavy (non-hydrogen) atoms. The van der Waals surface area contributed by atoms with Crippen molar-refractivity contribution in [3.8, 4) is 0 Å². The van der Waals surface area contributed by atoms with Crippen molar-refractivity contribution in [2.24, 2.45) is 0 Å². The predicted molar refractivity (Wildman–Crippen MR) is 52.6 cm³/mol. The summed E-state index contributed by atoms with van der Waals surface area (Å²) in [6.45, 7) is 0. The summed E-state index contributed by atoms with van der Waals surface area (Å²) in [6.07, 6.45) is 0. The van der Waals surface area contributed by atoms with E-state index in [2.05, 4.69) is 0 Å².